The lowest BCUT2D eigenvalue weighted by Gasteiger charge is -2.14. The summed E-state index contributed by atoms with van der Waals surface area (Å²) >= 11 is 0. The van der Waals surface area contributed by atoms with Crippen molar-refractivity contribution in [3.63, 3.8) is 0 Å². The molecule has 1 saturated heterocycles. The molecule has 0 bridgehead atoms. The van der Waals surface area contributed by atoms with Crippen LogP contribution in [0.3, 0.4) is 0 Å². The van der Waals surface area contributed by atoms with Crippen molar-refractivity contribution in [2.45, 2.75) is 104 Å². The molecule has 3 heteroatoms. The number of rotatable bonds is 14. The van der Waals surface area contributed by atoms with Crippen molar-refractivity contribution in [2.75, 3.05) is 0 Å². The summed E-state index contributed by atoms with van der Waals surface area (Å²) in [5.41, 5.74) is 0. The zero-order chi connectivity index (χ0) is 16.9. The predicted molar refractivity (Wildman–Crippen MR) is 94.1 cm³/mol. The standard InChI is InChI=1S/C20H36O3/c1-3-5-10-13-17(4-2)14-11-8-6-7-9-12-15-18-16-19(21)23-20(18)22/h17-18H,3-16H2,1-2H3. The van der Waals surface area contributed by atoms with Gasteiger partial charge in [0.15, 0.2) is 0 Å². The third-order valence-corrected chi connectivity index (χ3v) is 5.17. The quantitative estimate of drug-likeness (QED) is 0.230. The van der Waals surface area contributed by atoms with E-state index in [0.717, 1.165) is 18.8 Å². The lowest BCUT2D eigenvalue weighted by atomic mass is 9.92. The molecule has 0 aromatic carbocycles. The topological polar surface area (TPSA) is 43.4 Å². The molecular weight excluding hydrogens is 288 g/mol. The van der Waals surface area contributed by atoms with Crippen molar-refractivity contribution in [3.8, 4) is 0 Å². The van der Waals surface area contributed by atoms with Gasteiger partial charge in [0.05, 0.1) is 12.3 Å². The number of hydrogen-bond donors (Lipinski definition) is 0. The van der Waals surface area contributed by atoms with Gasteiger partial charge in [-0.2, -0.15) is 0 Å². The number of esters is 2. The third-order valence-electron chi connectivity index (χ3n) is 5.17. The van der Waals surface area contributed by atoms with Crippen LogP contribution in [-0.4, -0.2) is 11.9 Å². The molecule has 134 valence electrons. The van der Waals surface area contributed by atoms with Gasteiger partial charge in [0.25, 0.3) is 0 Å². The molecule has 2 unspecified atom stereocenters. The molecule has 0 aliphatic carbocycles. The highest BCUT2D eigenvalue weighted by atomic mass is 16.6. The Morgan fingerprint density at radius 1 is 0.913 bits per heavy atom. The summed E-state index contributed by atoms with van der Waals surface area (Å²) in [6, 6.07) is 0. The van der Waals surface area contributed by atoms with Gasteiger partial charge in [0.2, 0.25) is 0 Å². The molecule has 0 radical (unpaired) electrons. The van der Waals surface area contributed by atoms with Crippen molar-refractivity contribution < 1.29 is 14.3 Å². The molecular formula is C20H36O3. The zero-order valence-corrected chi connectivity index (χ0v) is 15.3. The molecule has 0 spiro atoms. The Bertz CT molecular complexity index is 338. The summed E-state index contributed by atoms with van der Waals surface area (Å²) in [6.07, 6.45) is 16.9. The number of cyclic esters (lactones) is 2. The van der Waals surface area contributed by atoms with Gasteiger partial charge in [0, 0.05) is 0 Å². The minimum atomic E-state index is -0.343. The van der Waals surface area contributed by atoms with Crippen LogP contribution in [0.25, 0.3) is 0 Å². The molecule has 1 heterocycles. The first kappa shape index (κ1) is 20.2. The molecule has 3 nitrogen and oxygen atoms in total. The Balaban J connectivity index is 1.91. The van der Waals surface area contributed by atoms with Gasteiger partial charge in [-0.3, -0.25) is 9.59 Å². The first-order valence-electron chi connectivity index (χ1n) is 9.91. The summed E-state index contributed by atoms with van der Waals surface area (Å²) in [4.78, 5) is 22.3. The van der Waals surface area contributed by atoms with Crippen molar-refractivity contribution in [1.29, 1.82) is 0 Å². The normalized spacial score (nSPS) is 19.1. The molecule has 0 aromatic heterocycles. The van der Waals surface area contributed by atoms with Crippen LogP contribution in [0.5, 0.6) is 0 Å². The Hall–Kier alpha value is -0.860. The van der Waals surface area contributed by atoms with Gasteiger partial charge >= 0.3 is 11.9 Å². The van der Waals surface area contributed by atoms with Crippen LogP contribution in [0.15, 0.2) is 0 Å². The van der Waals surface area contributed by atoms with Crippen LogP contribution in [0.4, 0.5) is 0 Å². The second-order valence-electron chi connectivity index (χ2n) is 7.16. The fourth-order valence-electron chi connectivity index (χ4n) is 3.51. The van der Waals surface area contributed by atoms with E-state index in [1.165, 1.54) is 70.6 Å². The van der Waals surface area contributed by atoms with E-state index in [1.807, 2.05) is 0 Å². The number of hydrogen-bond acceptors (Lipinski definition) is 3. The molecule has 23 heavy (non-hydrogen) atoms. The smallest absolute Gasteiger partial charge is 0.317 e. The lowest BCUT2D eigenvalue weighted by molar-refractivity contribution is -0.153. The van der Waals surface area contributed by atoms with E-state index < -0.39 is 0 Å². The van der Waals surface area contributed by atoms with Crippen LogP contribution >= 0.6 is 0 Å². The second-order valence-corrected chi connectivity index (χ2v) is 7.16. The Morgan fingerprint density at radius 3 is 2.09 bits per heavy atom. The molecule has 1 aliphatic heterocycles. The largest absolute Gasteiger partial charge is 0.393 e. The number of carbonyl (C=O) groups is 2. The lowest BCUT2D eigenvalue weighted by Crippen LogP contribution is -2.07. The van der Waals surface area contributed by atoms with Crippen molar-refractivity contribution >= 4 is 11.9 Å². The molecule has 1 aliphatic rings. The monoisotopic (exact) mass is 324 g/mol. The van der Waals surface area contributed by atoms with Gasteiger partial charge in [-0.15, -0.1) is 0 Å². The maximum absolute atomic E-state index is 11.3. The highest BCUT2D eigenvalue weighted by molar-refractivity contribution is 5.94. The molecule has 1 rings (SSSR count). The van der Waals surface area contributed by atoms with E-state index >= 15 is 0 Å². The minimum absolute atomic E-state index is 0.157. The SMILES string of the molecule is CCCCCC(CC)CCCCCCCCC1CC(=O)OC1=O. The maximum Gasteiger partial charge on any atom is 0.317 e. The van der Waals surface area contributed by atoms with Crippen molar-refractivity contribution in [3.05, 3.63) is 0 Å². The molecule has 0 aromatic rings. The molecule has 0 N–H and O–H groups in total. The highest BCUT2D eigenvalue weighted by Crippen LogP contribution is 2.23. The van der Waals surface area contributed by atoms with Gasteiger partial charge in [-0.1, -0.05) is 90.9 Å². The van der Waals surface area contributed by atoms with Crippen molar-refractivity contribution in [1.82, 2.24) is 0 Å². The average Bonchev–Trinajstić information content (AvgIpc) is 2.86. The zero-order valence-electron chi connectivity index (χ0n) is 15.3. The maximum atomic E-state index is 11.3. The second kappa shape index (κ2) is 12.5. The predicted octanol–water partition coefficient (Wildman–Crippen LogP) is 5.80. The van der Waals surface area contributed by atoms with Gasteiger partial charge in [0.1, 0.15) is 0 Å². The molecule has 1 fully saturated rings. The van der Waals surface area contributed by atoms with E-state index in [2.05, 4.69) is 18.6 Å². The Labute approximate surface area is 142 Å². The fourth-order valence-corrected chi connectivity index (χ4v) is 3.51. The van der Waals surface area contributed by atoms with Crippen LogP contribution in [0.2, 0.25) is 0 Å². The van der Waals surface area contributed by atoms with E-state index in [9.17, 15) is 9.59 Å². The van der Waals surface area contributed by atoms with E-state index in [1.54, 1.807) is 0 Å². The fraction of sp³-hybridized carbons (Fsp3) is 0.900. The summed E-state index contributed by atoms with van der Waals surface area (Å²) in [6.45, 7) is 4.60. The summed E-state index contributed by atoms with van der Waals surface area (Å²) < 4.78 is 4.57. The number of carbonyl (C=O) groups excluding carboxylic acids is 2. The summed E-state index contributed by atoms with van der Waals surface area (Å²) in [7, 11) is 0. The van der Waals surface area contributed by atoms with Gasteiger partial charge in [-0.05, 0) is 12.3 Å². The Morgan fingerprint density at radius 2 is 1.52 bits per heavy atom. The van der Waals surface area contributed by atoms with Gasteiger partial charge < -0.3 is 4.74 Å². The van der Waals surface area contributed by atoms with Crippen LogP contribution in [-0.2, 0) is 14.3 Å². The van der Waals surface area contributed by atoms with E-state index in [-0.39, 0.29) is 17.9 Å². The van der Waals surface area contributed by atoms with Crippen LogP contribution in [0, 0.1) is 11.8 Å². The third kappa shape index (κ3) is 9.12. The van der Waals surface area contributed by atoms with E-state index in [0.29, 0.717) is 6.42 Å². The van der Waals surface area contributed by atoms with Crippen LogP contribution < -0.4 is 0 Å². The molecule has 2 atom stereocenters. The van der Waals surface area contributed by atoms with Crippen LogP contribution in [0.1, 0.15) is 104 Å². The van der Waals surface area contributed by atoms with Gasteiger partial charge in [-0.25, -0.2) is 0 Å². The first-order valence-corrected chi connectivity index (χ1v) is 9.91. The average molecular weight is 325 g/mol. The minimum Gasteiger partial charge on any atom is -0.393 e. The first-order chi connectivity index (χ1) is 11.2. The summed E-state index contributed by atoms with van der Waals surface area (Å²) in [5, 5.41) is 0. The molecule has 0 amide bonds. The molecule has 0 saturated carbocycles. The number of unbranched alkanes of at least 4 members (excludes halogenated alkanes) is 7. The van der Waals surface area contributed by atoms with Crippen molar-refractivity contribution in [2.24, 2.45) is 11.8 Å². The number of ether oxygens (including phenoxy) is 1. The highest BCUT2D eigenvalue weighted by Gasteiger charge is 2.32. The Kier molecular flexibility index (Phi) is 11.0. The van der Waals surface area contributed by atoms with E-state index in [4.69, 9.17) is 0 Å². The summed E-state index contributed by atoms with van der Waals surface area (Å²) in [5.74, 6) is 0.136.